The summed E-state index contributed by atoms with van der Waals surface area (Å²) in [6.45, 7) is 2.03. The molecule has 0 aliphatic heterocycles. The fourth-order valence-corrected chi connectivity index (χ4v) is 2.21. The largest absolute Gasteiger partial charge is 0.486 e. The number of aromatic nitrogens is 2. The van der Waals surface area contributed by atoms with Crippen LogP contribution in [0.15, 0.2) is 54.9 Å². The first-order valence-electron chi connectivity index (χ1n) is 6.80. The van der Waals surface area contributed by atoms with Gasteiger partial charge in [0.1, 0.15) is 24.0 Å². The Hall–Kier alpha value is -2.69. The van der Waals surface area contributed by atoms with Gasteiger partial charge in [-0.05, 0) is 55.0 Å². The molecule has 0 aliphatic carbocycles. The Morgan fingerprint density at radius 3 is 2.55 bits per heavy atom. The summed E-state index contributed by atoms with van der Waals surface area (Å²) in [5.41, 5.74) is 1.52. The molecule has 0 aliphatic rings. The number of halogens is 2. The third kappa shape index (κ3) is 3.14. The average Bonchev–Trinajstić information content (AvgIpc) is 2.94. The highest BCUT2D eigenvalue weighted by Gasteiger charge is 2.08. The Balaban J connectivity index is 1.81. The number of rotatable bonds is 4. The maximum absolute atomic E-state index is 13.5. The molecule has 112 valence electrons. The van der Waals surface area contributed by atoms with Gasteiger partial charge in [0.25, 0.3) is 0 Å². The lowest BCUT2D eigenvalue weighted by Crippen LogP contribution is -2.05. The molecule has 3 rings (SSSR count). The van der Waals surface area contributed by atoms with E-state index in [0.717, 1.165) is 5.56 Å². The second-order valence-corrected chi connectivity index (χ2v) is 4.94. The Morgan fingerprint density at radius 2 is 1.82 bits per heavy atom. The van der Waals surface area contributed by atoms with Gasteiger partial charge >= 0.3 is 0 Å². The minimum absolute atomic E-state index is 0.203. The third-order valence-corrected chi connectivity index (χ3v) is 3.20. The zero-order valence-corrected chi connectivity index (χ0v) is 12.0. The van der Waals surface area contributed by atoms with Crippen LogP contribution in [0.5, 0.6) is 5.75 Å². The molecule has 0 radical (unpaired) electrons. The molecule has 0 N–H and O–H groups in total. The van der Waals surface area contributed by atoms with Crippen molar-refractivity contribution < 1.29 is 13.5 Å². The van der Waals surface area contributed by atoms with E-state index in [2.05, 4.69) is 4.98 Å². The van der Waals surface area contributed by atoms with Crippen molar-refractivity contribution in [3.05, 3.63) is 77.9 Å². The number of nitrogens with zero attached hydrogens (tertiary/aromatic N) is 2. The van der Waals surface area contributed by atoms with Crippen LogP contribution >= 0.6 is 0 Å². The summed E-state index contributed by atoms with van der Waals surface area (Å²) in [5, 5.41) is 0. The van der Waals surface area contributed by atoms with Crippen molar-refractivity contribution in [1.29, 1.82) is 0 Å². The van der Waals surface area contributed by atoms with Gasteiger partial charge in [-0.25, -0.2) is 13.8 Å². The lowest BCUT2D eigenvalue weighted by Gasteiger charge is -2.10. The van der Waals surface area contributed by atoms with Crippen LogP contribution in [0.25, 0.3) is 5.69 Å². The standard InChI is InChI=1S/C17H14F2N2O/c1-12-8-14(19)10-15(9-12)21-7-6-20-17(21)11-22-16-4-2-13(18)3-5-16/h2-10H,11H2,1H3. The zero-order valence-electron chi connectivity index (χ0n) is 12.0. The maximum atomic E-state index is 13.5. The minimum Gasteiger partial charge on any atom is -0.486 e. The third-order valence-electron chi connectivity index (χ3n) is 3.20. The van der Waals surface area contributed by atoms with E-state index in [1.807, 2.05) is 13.0 Å². The normalized spacial score (nSPS) is 10.7. The molecule has 2 aromatic carbocycles. The van der Waals surface area contributed by atoms with E-state index in [1.54, 1.807) is 29.1 Å². The van der Waals surface area contributed by atoms with Crippen molar-refractivity contribution in [3.8, 4) is 11.4 Å². The van der Waals surface area contributed by atoms with E-state index in [-0.39, 0.29) is 18.2 Å². The monoisotopic (exact) mass is 300 g/mol. The Kier molecular flexibility index (Phi) is 3.87. The highest BCUT2D eigenvalue weighted by molar-refractivity contribution is 5.37. The molecular weight excluding hydrogens is 286 g/mol. The molecule has 1 heterocycles. The number of hydrogen-bond acceptors (Lipinski definition) is 2. The molecule has 1 aromatic heterocycles. The first kappa shape index (κ1) is 14.3. The van der Waals surface area contributed by atoms with Crippen molar-refractivity contribution in [3.63, 3.8) is 0 Å². The van der Waals surface area contributed by atoms with Crippen LogP contribution in [0.1, 0.15) is 11.4 Å². The summed E-state index contributed by atoms with van der Waals surface area (Å²) in [7, 11) is 0. The van der Waals surface area contributed by atoms with Gasteiger partial charge in [-0.1, -0.05) is 0 Å². The minimum atomic E-state index is -0.316. The second kappa shape index (κ2) is 5.97. The van der Waals surface area contributed by atoms with Crippen LogP contribution in [0.2, 0.25) is 0 Å². The van der Waals surface area contributed by atoms with E-state index < -0.39 is 0 Å². The molecule has 0 saturated carbocycles. The number of ether oxygens (including phenoxy) is 1. The molecule has 0 fully saturated rings. The predicted molar refractivity (Wildman–Crippen MR) is 79.0 cm³/mol. The van der Waals surface area contributed by atoms with Crippen molar-refractivity contribution in [2.45, 2.75) is 13.5 Å². The van der Waals surface area contributed by atoms with Gasteiger partial charge in [0, 0.05) is 12.4 Å². The summed E-state index contributed by atoms with van der Waals surface area (Å²) in [4.78, 5) is 4.23. The molecule has 0 amide bonds. The number of aryl methyl sites for hydroxylation is 1. The van der Waals surface area contributed by atoms with Crippen LogP contribution in [-0.2, 0) is 6.61 Å². The van der Waals surface area contributed by atoms with E-state index >= 15 is 0 Å². The fraction of sp³-hybridized carbons (Fsp3) is 0.118. The van der Waals surface area contributed by atoms with Crippen molar-refractivity contribution in [2.75, 3.05) is 0 Å². The summed E-state index contributed by atoms with van der Waals surface area (Å²) in [6.07, 6.45) is 3.38. The van der Waals surface area contributed by atoms with E-state index in [1.165, 1.54) is 24.3 Å². The van der Waals surface area contributed by atoms with Crippen LogP contribution in [-0.4, -0.2) is 9.55 Å². The highest BCUT2D eigenvalue weighted by atomic mass is 19.1. The zero-order chi connectivity index (χ0) is 15.5. The van der Waals surface area contributed by atoms with Crippen molar-refractivity contribution >= 4 is 0 Å². The van der Waals surface area contributed by atoms with Gasteiger partial charge in [-0.2, -0.15) is 0 Å². The van der Waals surface area contributed by atoms with Gasteiger partial charge in [0.2, 0.25) is 0 Å². The van der Waals surface area contributed by atoms with Gasteiger partial charge in [0.15, 0.2) is 5.82 Å². The molecule has 0 unspecified atom stereocenters. The molecule has 3 nitrogen and oxygen atoms in total. The highest BCUT2D eigenvalue weighted by Crippen LogP contribution is 2.17. The van der Waals surface area contributed by atoms with E-state index in [0.29, 0.717) is 17.3 Å². The van der Waals surface area contributed by atoms with Crippen LogP contribution < -0.4 is 4.74 Å². The van der Waals surface area contributed by atoms with E-state index in [4.69, 9.17) is 4.74 Å². The Labute approximate surface area is 126 Å². The van der Waals surface area contributed by atoms with Crippen LogP contribution in [0.4, 0.5) is 8.78 Å². The fourth-order valence-electron chi connectivity index (χ4n) is 2.21. The summed E-state index contributed by atoms with van der Waals surface area (Å²) < 4.78 is 33.7. The molecule has 0 saturated heterocycles. The first-order valence-corrected chi connectivity index (χ1v) is 6.80. The van der Waals surface area contributed by atoms with Crippen molar-refractivity contribution in [1.82, 2.24) is 9.55 Å². The number of benzene rings is 2. The maximum Gasteiger partial charge on any atom is 0.151 e. The topological polar surface area (TPSA) is 27.1 Å². The lowest BCUT2D eigenvalue weighted by atomic mass is 10.2. The van der Waals surface area contributed by atoms with Crippen molar-refractivity contribution in [2.24, 2.45) is 0 Å². The lowest BCUT2D eigenvalue weighted by molar-refractivity contribution is 0.293. The summed E-state index contributed by atoms with van der Waals surface area (Å²) >= 11 is 0. The first-order chi connectivity index (χ1) is 10.6. The molecule has 5 heteroatoms. The number of imidazole rings is 1. The van der Waals surface area contributed by atoms with Gasteiger partial charge in [-0.3, -0.25) is 0 Å². The van der Waals surface area contributed by atoms with Gasteiger partial charge in [-0.15, -0.1) is 0 Å². The predicted octanol–water partition coefficient (Wildman–Crippen LogP) is 4.04. The number of hydrogen-bond donors (Lipinski definition) is 0. The summed E-state index contributed by atoms with van der Waals surface area (Å²) in [5.74, 6) is 0.568. The molecule has 0 bridgehead atoms. The quantitative estimate of drug-likeness (QED) is 0.727. The second-order valence-electron chi connectivity index (χ2n) is 4.94. The summed E-state index contributed by atoms with van der Waals surface area (Å²) in [6, 6.07) is 10.5. The Morgan fingerprint density at radius 1 is 1.05 bits per heavy atom. The van der Waals surface area contributed by atoms with Gasteiger partial charge < -0.3 is 9.30 Å². The van der Waals surface area contributed by atoms with E-state index in [9.17, 15) is 8.78 Å². The average molecular weight is 300 g/mol. The smallest absolute Gasteiger partial charge is 0.151 e. The molecule has 22 heavy (non-hydrogen) atoms. The van der Waals surface area contributed by atoms with Gasteiger partial charge in [0.05, 0.1) is 5.69 Å². The van der Waals surface area contributed by atoms with Crippen LogP contribution in [0.3, 0.4) is 0 Å². The molecule has 3 aromatic rings. The van der Waals surface area contributed by atoms with Crippen LogP contribution in [0, 0.1) is 18.6 Å². The molecule has 0 atom stereocenters. The Bertz CT molecular complexity index is 761. The molecule has 0 spiro atoms. The molecular formula is C17H14F2N2O. The SMILES string of the molecule is Cc1cc(F)cc(-n2ccnc2COc2ccc(F)cc2)c1.